The van der Waals surface area contributed by atoms with Crippen molar-refractivity contribution in [2.75, 3.05) is 18.1 Å². The molecule has 12 heteroatoms. The molecule has 4 rings (SSSR count). The first-order valence-corrected chi connectivity index (χ1v) is 14.8. The molecule has 0 radical (unpaired) electrons. The van der Waals surface area contributed by atoms with Crippen molar-refractivity contribution in [3.8, 4) is 0 Å². The van der Waals surface area contributed by atoms with Gasteiger partial charge in [0.1, 0.15) is 22.9 Å². The van der Waals surface area contributed by atoms with Crippen LogP contribution in [0.1, 0.15) is 87.1 Å². The molecule has 1 saturated carbocycles. The number of ether oxygens (including phenoxy) is 1. The molecule has 2 aromatic rings. The van der Waals surface area contributed by atoms with E-state index in [2.05, 4.69) is 26.8 Å². The van der Waals surface area contributed by atoms with Gasteiger partial charge in [-0.1, -0.05) is 31.9 Å². The van der Waals surface area contributed by atoms with E-state index in [0.717, 1.165) is 31.3 Å². The van der Waals surface area contributed by atoms with Crippen LogP contribution in [0.15, 0.2) is 36.5 Å². The van der Waals surface area contributed by atoms with Gasteiger partial charge in [0.2, 0.25) is 0 Å². The fourth-order valence-corrected chi connectivity index (χ4v) is 5.89. The summed E-state index contributed by atoms with van der Waals surface area (Å²) in [6, 6.07) is 4.13. The largest absolute Gasteiger partial charge is 0.478 e. The second kappa shape index (κ2) is 13.5. The molecule has 2 aliphatic rings. The molecule has 8 nitrogen and oxygen atoms in total. The summed E-state index contributed by atoms with van der Waals surface area (Å²) in [5.74, 6) is -1.83. The first kappa shape index (κ1) is 32.5. The van der Waals surface area contributed by atoms with Crippen LogP contribution in [0.5, 0.6) is 0 Å². The SMILES string of the molecule is C=C(CC(C)N(CCC)c1ccc(F)c(C(=O)O)c1)C[C@@H]1CC[C@](CC2CC2)(C(=O)NCc2ncc(C(F)(F)F)[nH]2)OC1. The zero-order valence-corrected chi connectivity index (χ0v) is 24.6. The van der Waals surface area contributed by atoms with Crippen LogP contribution in [-0.2, 0) is 22.3 Å². The number of carbonyl (C=O) groups excluding carboxylic acids is 1. The highest BCUT2D eigenvalue weighted by Crippen LogP contribution is 2.43. The number of hydrogen-bond donors (Lipinski definition) is 3. The molecule has 2 heterocycles. The normalized spacial score (nSPS) is 21.3. The van der Waals surface area contributed by atoms with Gasteiger partial charge in [-0.3, -0.25) is 4.79 Å². The van der Waals surface area contributed by atoms with E-state index < -0.39 is 29.3 Å². The number of aromatic carboxylic acids is 1. The Kier molecular flexibility index (Phi) is 10.2. The van der Waals surface area contributed by atoms with E-state index in [1.54, 1.807) is 6.07 Å². The quantitative estimate of drug-likeness (QED) is 0.167. The Morgan fingerprint density at radius 2 is 2.02 bits per heavy atom. The number of imidazole rings is 1. The molecule has 1 aromatic carbocycles. The van der Waals surface area contributed by atoms with Crippen molar-refractivity contribution in [1.82, 2.24) is 15.3 Å². The number of H-pyrrole nitrogens is 1. The number of nitrogens with one attached hydrogen (secondary N) is 2. The average Bonchev–Trinajstić information content (AvgIpc) is 3.62. The molecular formula is C31H40F4N4O4. The van der Waals surface area contributed by atoms with Gasteiger partial charge in [0.15, 0.2) is 0 Å². The third-order valence-electron chi connectivity index (χ3n) is 8.30. The topological polar surface area (TPSA) is 108 Å². The number of benzene rings is 1. The Balaban J connectivity index is 1.33. The monoisotopic (exact) mass is 608 g/mol. The minimum atomic E-state index is -4.54. The van der Waals surface area contributed by atoms with Gasteiger partial charge in [0.25, 0.3) is 5.91 Å². The number of rotatable bonds is 14. The lowest BCUT2D eigenvalue weighted by Crippen LogP contribution is -2.52. The van der Waals surface area contributed by atoms with Crippen LogP contribution in [0.25, 0.3) is 0 Å². The highest BCUT2D eigenvalue weighted by Gasteiger charge is 2.46. The molecular weight excluding hydrogens is 568 g/mol. The molecule has 1 aromatic heterocycles. The molecule has 0 bridgehead atoms. The Bertz CT molecular complexity index is 1300. The summed E-state index contributed by atoms with van der Waals surface area (Å²) in [6.45, 7) is 9.22. The van der Waals surface area contributed by atoms with Crippen molar-refractivity contribution in [3.05, 3.63) is 59.4 Å². The van der Waals surface area contributed by atoms with Crippen molar-refractivity contribution in [3.63, 3.8) is 0 Å². The van der Waals surface area contributed by atoms with Crippen LogP contribution < -0.4 is 10.2 Å². The Morgan fingerprint density at radius 1 is 1.28 bits per heavy atom. The van der Waals surface area contributed by atoms with Gasteiger partial charge in [-0.25, -0.2) is 14.2 Å². The zero-order valence-electron chi connectivity index (χ0n) is 24.6. The third kappa shape index (κ3) is 8.36. The number of carboxylic acid groups (broad SMARTS) is 1. The molecule has 3 N–H and O–H groups in total. The van der Waals surface area contributed by atoms with Crippen LogP contribution >= 0.6 is 0 Å². The van der Waals surface area contributed by atoms with Gasteiger partial charge in [0.05, 0.1) is 24.9 Å². The van der Waals surface area contributed by atoms with Gasteiger partial charge < -0.3 is 25.0 Å². The fourth-order valence-electron chi connectivity index (χ4n) is 5.89. The lowest BCUT2D eigenvalue weighted by molar-refractivity contribution is -0.161. The van der Waals surface area contributed by atoms with Crippen molar-refractivity contribution >= 4 is 17.6 Å². The predicted octanol–water partition coefficient (Wildman–Crippen LogP) is 6.49. The number of nitrogens with zero attached hydrogens (tertiary/aromatic N) is 2. The smallest absolute Gasteiger partial charge is 0.432 e. The number of carbonyl (C=O) groups is 2. The van der Waals surface area contributed by atoms with Crippen LogP contribution in [0.3, 0.4) is 0 Å². The molecule has 1 saturated heterocycles. The van der Waals surface area contributed by atoms with E-state index in [-0.39, 0.29) is 35.8 Å². The maximum absolute atomic E-state index is 14.0. The van der Waals surface area contributed by atoms with Gasteiger partial charge in [-0.05, 0) is 75.5 Å². The van der Waals surface area contributed by atoms with Crippen molar-refractivity contribution in [1.29, 1.82) is 0 Å². The van der Waals surface area contributed by atoms with E-state index in [0.29, 0.717) is 56.6 Å². The summed E-state index contributed by atoms with van der Waals surface area (Å²) >= 11 is 0. The standard InChI is InChI=1S/C31H40F4N4O4/c1-4-11-39(23-7-8-25(32)24(14-23)28(40)41)20(3)12-19(2)13-22-9-10-30(43-18-22,15-21-5-6-21)29(42)37-17-27-36-16-26(38-27)31(33,34)35/h7-8,14,16,20-22H,2,4-6,9-13,15,17-18H2,1,3H3,(H,36,38)(H,37,42)(H,40,41)/t20?,22-,30-/m0/s1. The molecule has 2 fully saturated rings. The van der Waals surface area contributed by atoms with Crippen LogP contribution in [0, 0.1) is 17.7 Å². The van der Waals surface area contributed by atoms with E-state index in [1.165, 1.54) is 12.1 Å². The number of carboxylic acids is 1. The molecule has 236 valence electrons. The molecule has 0 spiro atoms. The number of hydrogen-bond acceptors (Lipinski definition) is 5. The van der Waals surface area contributed by atoms with Crippen LogP contribution in [0.4, 0.5) is 23.2 Å². The van der Waals surface area contributed by atoms with Crippen molar-refractivity contribution < 1.29 is 37.0 Å². The summed E-state index contributed by atoms with van der Waals surface area (Å²) in [5.41, 5.74) is -0.704. The lowest BCUT2D eigenvalue weighted by atomic mass is 9.81. The lowest BCUT2D eigenvalue weighted by Gasteiger charge is -2.40. The van der Waals surface area contributed by atoms with Crippen LogP contribution in [0.2, 0.25) is 0 Å². The number of aromatic amines is 1. The number of halogens is 4. The Hall–Kier alpha value is -3.41. The summed E-state index contributed by atoms with van der Waals surface area (Å²) in [7, 11) is 0. The van der Waals surface area contributed by atoms with E-state index in [1.807, 2.05) is 13.8 Å². The third-order valence-corrected chi connectivity index (χ3v) is 8.30. The first-order valence-electron chi connectivity index (χ1n) is 14.8. The number of amides is 1. The summed E-state index contributed by atoms with van der Waals surface area (Å²) in [4.78, 5) is 32.8. The Morgan fingerprint density at radius 3 is 2.60 bits per heavy atom. The van der Waals surface area contributed by atoms with Crippen LogP contribution in [-0.4, -0.2) is 51.7 Å². The van der Waals surface area contributed by atoms with E-state index >= 15 is 0 Å². The minimum absolute atomic E-state index is 0.0109. The first-order chi connectivity index (χ1) is 20.3. The maximum atomic E-state index is 14.0. The van der Waals surface area contributed by atoms with Crippen molar-refractivity contribution in [2.45, 2.75) is 89.6 Å². The van der Waals surface area contributed by atoms with Gasteiger partial charge in [-0.2, -0.15) is 13.2 Å². The summed E-state index contributed by atoms with van der Waals surface area (Å²) in [6.07, 6.45) is 2.22. The zero-order chi connectivity index (χ0) is 31.4. The number of alkyl halides is 3. The minimum Gasteiger partial charge on any atom is -0.478 e. The molecule has 3 atom stereocenters. The summed E-state index contributed by atoms with van der Waals surface area (Å²) < 4.78 is 58.9. The predicted molar refractivity (Wildman–Crippen MR) is 153 cm³/mol. The maximum Gasteiger partial charge on any atom is 0.432 e. The molecule has 1 unspecified atom stereocenters. The highest BCUT2D eigenvalue weighted by molar-refractivity contribution is 5.89. The molecule has 1 amide bonds. The van der Waals surface area contributed by atoms with E-state index in [9.17, 15) is 32.3 Å². The fraction of sp³-hybridized carbons (Fsp3) is 0.581. The van der Waals surface area contributed by atoms with Gasteiger partial charge >= 0.3 is 12.1 Å². The summed E-state index contributed by atoms with van der Waals surface area (Å²) in [5, 5.41) is 12.1. The van der Waals surface area contributed by atoms with Gasteiger partial charge in [0, 0.05) is 18.3 Å². The average molecular weight is 609 g/mol. The Labute approximate surface area is 248 Å². The van der Waals surface area contributed by atoms with E-state index in [4.69, 9.17) is 4.74 Å². The molecule has 1 aliphatic heterocycles. The number of aromatic nitrogens is 2. The molecule has 1 aliphatic carbocycles. The van der Waals surface area contributed by atoms with Crippen molar-refractivity contribution in [2.24, 2.45) is 11.8 Å². The second-order valence-electron chi connectivity index (χ2n) is 12.0. The second-order valence-corrected chi connectivity index (χ2v) is 12.0. The number of anilines is 1. The van der Waals surface area contributed by atoms with Gasteiger partial charge in [-0.15, -0.1) is 0 Å². The molecule has 43 heavy (non-hydrogen) atoms. The highest BCUT2D eigenvalue weighted by atomic mass is 19.4.